The second kappa shape index (κ2) is 5.50. The maximum absolute atomic E-state index is 11.8. The van der Waals surface area contributed by atoms with Crippen LogP contribution in [0.1, 0.15) is 36.0 Å². The van der Waals surface area contributed by atoms with Crippen LogP contribution in [-0.2, 0) is 4.74 Å². The number of benzene rings is 1. The number of allylic oxidation sites excluding steroid dienone is 1. The van der Waals surface area contributed by atoms with Crippen LogP contribution < -0.4 is 0 Å². The summed E-state index contributed by atoms with van der Waals surface area (Å²) in [6.07, 6.45) is 8.42. The van der Waals surface area contributed by atoms with E-state index < -0.39 is 0 Å². The highest BCUT2D eigenvalue weighted by Gasteiger charge is 2.14. The van der Waals surface area contributed by atoms with Gasteiger partial charge in [0.15, 0.2) is 0 Å². The lowest BCUT2D eigenvalue weighted by Crippen LogP contribution is -2.15. The van der Waals surface area contributed by atoms with Gasteiger partial charge in [-0.15, -0.1) is 0 Å². The van der Waals surface area contributed by atoms with Gasteiger partial charge in [0.1, 0.15) is 6.10 Å². The van der Waals surface area contributed by atoms with Gasteiger partial charge in [-0.3, -0.25) is 0 Å². The fourth-order valence-corrected chi connectivity index (χ4v) is 1.83. The number of hydrogen-bond acceptors (Lipinski definition) is 2. The highest BCUT2D eigenvalue weighted by Crippen LogP contribution is 2.15. The van der Waals surface area contributed by atoms with Gasteiger partial charge in [-0.2, -0.15) is 0 Å². The largest absolute Gasteiger partial charge is 0.455 e. The zero-order chi connectivity index (χ0) is 11.2. The van der Waals surface area contributed by atoms with Crippen molar-refractivity contribution in [1.29, 1.82) is 0 Å². The summed E-state index contributed by atoms with van der Waals surface area (Å²) in [7, 11) is 0. The molecule has 0 heterocycles. The highest BCUT2D eigenvalue weighted by molar-refractivity contribution is 5.89. The molecule has 0 spiro atoms. The molecule has 0 amide bonds. The minimum Gasteiger partial charge on any atom is -0.455 e. The quantitative estimate of drug-likeness (QED) is 0.560. The predicted molar refractivity (Wildman–Crippen MR) is 63.3 cm³/mol. The van der Waals surface area contributed by atoms with Crippen LogP contribution in [0.25, 0.3) is 0 Å². The molecule has 1 atom stereocenters. The molecule has 2 rings (SSSR count). The second-order valence-electron chi connectivity index (χ2n) is 4.02. The van der Waals surface area contributed by atoms with Gasteiger partial charge in [-0.05, 0) is 43.9 Å². The summed E-state index contributed by atoms with van der Waals surface area (Å²) in [5, 5.41) is 0. The van der Waals surface area contributed by atoms with Crippen molar-refractivity contribution in [2.45, 2.75) is 31.8 Å². The number of rotatable bonds is 2. The minimum atomic E-state index is -0.225. The normalized spacial score (nSPS) is 20.1. The molecule has 1 aliphatic rings. The predicted octanol–water partition coefficient (Wildman–Crippen LogP) is 3.34. The third-order valence-electron chi connectivity index (χ3n) is 2.73. The van der Waals surface area contributed by atoms with Crippen LogP contribution in [0.2, 0.25) is 0 Å². The van der Waals surface area contributed by atoms with Gasteiger partial charge in [0.2, 0.25) is 0 Å². The molecule has 0 fully saturated rings. The smallest absolute Gasteiger partial charge is 0.338 e. The van der Waals surface area contributed by atoms with Crippen molar-refractivity contribution in [2.24, 2.45) is 0 Å². The molecule has 1 aliphatic carbocycles. The lowest BCUT2D eigenvalue weighted by Gasteiger charge is -2.12. The lowest BCUT2D eigenvalue weighted by molar-refractivity contribution is 0.0379. The van der Waals surface area contributed by atoms with Crippen LogP contribution in [0.5, 0.6) is 0 Å². The first-order chi connectivity index (χ1) is 7.86. The topological polar surface area (TPSA) is 26.3 Å². The van der Waals surface area contributed by atoms with Crippen LogP contribution >= 0.6 is 0 Å². The number of hydrogen-bond donors (Lipinski definition) is 0. The first kappa shape index (κ1) is 10.9. The van der Waals surface area contributed by atoms with E-state index in [1.807, 2.05) is 24.3 Å². The molecule has 0 aliphatic heterocycles. The molecule has 16 heavy (non-hydrogen) atoms. The standard InChI is InChI=1S/C14H16O2/c15-14(12-8-4-3-5-9-12)16-13-10-6-1-2-7-11-13/h3-6,8-10,13H,1-2,7,11H2/t13-/m0/s1. The summed E-state index contributed by atoms with van der Waals surface area (Å²) in [5.74, 6) is -0.225. The summed E-state index contributed by atoms with van der Waals surface area (Å²) in [6, 6.07) is 9.15. The molecule has 0 aromatic heterocycles. The van der Waals surface area contributed by atoms with E-state index in [1.54, 1.807) is 12.1 Å². The van der Waals surface area contributed by atoms with E-state index in [9.17, 15) is 4.79 Å². The fourth-order valence-electron chi connectivity index (χ4n) is 1.83. The Hall–Kier alpha value is -1.57. The molecule has 84 valence electrons. The van der Waals surface area contributed by atoms with Gasteiger partial charge >= 0.3 is 5.97 Å². The van der Waals surface area contributed by atoms with Crippen molar-refractivity contribution in [3.63, 3.8) is 0 Å². The van der Waals surface area contributed by atoms with Gasteiger partial charge in [0.25, 0.3) is 0 Å². The fraction of sp³-hybridized carbons (Fsp3) is 0.357. The summed E-state index contributed by atoms with van der Waals surface area (Å²) >= 11 is 0. The van der Waals surface area contributed by atoms with Crippen molar-refractivity contribution in [3.05, 3.63) is 48.0 Å². The van der Waals surface area contributed by atoms with E-state index >= 15 is 0 Å². The van der Waals surface area contributed by atoms with Gasteiger partial charge in [0, 0.05) is 0 Å². The molecule has 1 aromatic rings. The molecule has 0 unspecified atom stereocenters. The van der Waals surface area contributed by atoms with Crippen molar-refractivity contribution < 1.29 is 9.53 Å². The number of carbonyl (C=O) groups is 1. The Labute approximate surface area is 95.9 Å². The van der Waals surface area contributed by atoms with Gasteiger partial charge in [-0.1, -0.05) is 24.3 Å². The highest BCUT2D eigenvalue weighted by atomic mass is 16.5. The Kier molecular flexibility index (Phi) is 3.76. The molecule has 0 radical (unpaired) electrons. The Morgan fingerprint density at radius 1 is 1.19 bits per heavy atom. The third-order valence-corrected chi connectivity index (χ3v) is 2.73. The SMILES string of the molecule is O=C(O[C@H]1C=CCCCC1)c1ccccc1. The van der Waals surface area contributed by atoms with Crippen LogP contribution in [0.15, 0.2) is 42.5 Å². The maximum Gasteiger partial charge on any atom is 0.338 e. The average molecular weight is 216 g/mol. The lowest BCUT2D eigenvalue weighted by atomic mass is 10.2. The number of esters is 1. The monoisotopic (exact) mass is 216 g/mol. The zero-order valence-electron chi connectivity index (χ0n) is 9.26. The Morgan fingerprint density at radius 3 is 2.81 bits per heavy atom. The van der Waals surface area contributed by atoms with E-state index in [2.05, 4.69) is 6.08 Å². The molecular weight excluding hydrogens is 200 g/mol. The molecule has 0 saturated carbocycles. The first-order valence-electron chi connectivity index (χ1n) is 5.79. The molecule has 0 N–H and O–H groups in total. The zero-order valence-corrected chi connectivity index (χ0v) is 9.26. The minimum absolute atomic E-state index is 0.0461. The second-order valence-corrected chi connectivity index (χ2v) is 4.02. The Morgan fingerprint density at radius 2 is 2.00 bits per heavy atom. The van der Waals surface area contributed by atoms with E-state index in [0.717, 1.165) is 19.3 Å². The van der Waals surface area contributed by atoms with Crippen LogP contribution in [0.4, 0.5) is 0 Å². The van der Waals surface area contributed by atoms with E-state index in [0.29, 0.717) is 5.56 Å². The van der Waals surface area contributed by atoms with Crippen molar-refractivity contribution in [1.82, 2.24) is 0 Å². The van der Waals surface area contributed by atoms with Crippen molar-refractivity contribution in [3.8, 4) is 0 Å². The summed E-state index contributed by atoms with van der Waals surface area (Å²) in [5.41, 5.74) is 0.625. The summed E-state index contributed by atoms with van der Waals surface area (Å²) in [6.45, 7) is 0. The van der Waals surface area contributed by atoms with Crippen LogP contribution in [0, 0.1) is 0 Å². The summed E-state index contributed by atoms with van der Waals surface area (Å²) < 4.78 is 5.43. The molecule has 2 nitrogen and oxygen atoms in total. The molecule has 2 heteroatoms. The van der Waals surface area contributed by atoms with E-state index in [-0.39, 0.29) is 12.1 Å². The first-order valence-corrected chi connectivity index (χ1v) is 5.79. The Bertz CT molecular complexity index is 368. The molecule has 1 aromatic carbocycles. The van der Waals surface area contributed by atoms with E-state index in [4.69, 9.17) is 4.74 Å². The molecular formula is C14H16O2. The number of ether oxygens (including phenoxy) is 1. The summed E-state index contributed by atoms with van der Waals surface area (Å²) in [4.78, 5) is 11.8. The van der Waals surface area contributed by atoms with E-state index in [1.165, 1.54) is 6.42 Å². The van der Waals surface area contributed by atoms with Crippen LogP contribution in [-0.4, -0.2) is 12.1 Å². The number of carbonyl (C=O) groups excluding carboxylic acids is 1. The molecule has 0 bridgehead atoms. The van der Waals surface area contributed by atoms with Gasteiger partial charge in [0.05, 0.1) is 5.56 Å². The van der Waals surface area contributed by atoms with Crippen molar-refractivity contribution in [2.75, 3.05) is 0 Å². The van der Waals surface area contributed by atoms with Gasteiger partial charge in [-0.25, -0.2) is 4.79 Å². The third kappa shape index (κ3) is 2.96. The Balaban J connectivity index is 1.96. The van der Waals surface area contributed by atoms with Crippen LogP contribution in [0.3, 0.4) is 0 Å². The average Bonchev–Trinajstić information content (AvgIpc) is 2.59. The molecule has 0 saturated heterocycles. The van der Waals surface area contributed by atoms with Crippen molar-refractivity contribution >= 4 is 5.97 Å². The van der Waals surface area contributed by atoms with Gasteiger partial charge < -0.3 is 4.74 Å². The maximum atomic E-state index is 11.8.